The fourth-order valence-corrected chi connectivity index (χ4v) is 3.56. The molecular formula is C23H50N2. The summed E-state index contributed by atoms with van der Waals surface area (Å²) in [7, 11) is 0. The van der Waals surface area contributed by atoms with Crippen LogP contribution in [0, 0.1) is 0 Å². The molecule has 152 valence electrons. The predicted octanol–water partition coefficient (Wildman–Crippen LogP) is 7.14. The van der Waals surface area contributed by atoms with E-state index in [1.54, 1.807) is 0 Å². The Hall–Kier alpha value is -0.0800. The van der Waals surface area contributed by atoms with Gasteiger partial charge in [-0.3, -0.25) is 4.90 Å². The minimum Gasteiger partial charge on any atom is -0.302 e. The van der Waals surface area contributed by atoms with Crippen molar-refractivity contribution < 1.29 is 0 Å². The molecule has 0 aliphatic rings. The molecule has 0 amide bonds. The van der Waals surface area contributed by atoms with Crippen molar-refractivity contribution in [2.24, 2.45) is 0 Å². The van der Waals surface area contributed by atoms with Gasteiger partial charge < -0.3 is 5.32 Å². The van der Waals surface area contributed by atoms with Crippen molar-refractivity contribution in [1.29, 1.82) is 0 Å². The van der Waals surface area contributed by atoms with Gasteiger partial charge in [-0.1, -0.05) is 98.3 Å². The highest BCUT2D eigenvalue weighted by atomic mass is 15.3. The molecule has 25 heavy (non-hydrogen) atoms. The van der Waals surface area contributed by atoms with Gasteiger partial charge in [0, 0.05) is 0 Å². The van der Waals surface area contributed by atoms with Crippen LogP contribution in [0.2, 0.25) is 0 Å². The fourth-order valence-electron chi connectivity index (χ4n) is 3.56. The molecule has 0 fully saturated rings. The van der Waals surface area contributed by atoms with Crippen molar-refractivity contribution in [2.45, 2.75) is 130 Å². The zero-order chi connectivity index (χ0) is 18.6. The van der Waals surface area contributed by atoms with Crippen LogP contribution in [-0.2, 0) is 0 Å². The maximum Gasteiger partial charge on any atom is 0.0594 e. The second-order valence-electron chi connectivity index (χ2n) is 7.80. The van der Waals surface area contributed by atoms with Gasteiger partial charge in [0.25, 0.3) is 0 Å². The minimum atomic E-state index is 0.594. The van der Waals surface area contributed by atoms with Crippen molar-refractivity contribution in [2.75, 3.05) is 19.6 Å². The van der Waals surface area contributed by atoms with Gasteiger partial charge in [0.15, 0.2) is 0 Å². The van der Waals surface area contributed by atoms with Crippen LogP contribution >= 0.6 is 0 Å². The Morgan fingerprint density at radius 2 is 1.00 bits per heavy atom. The summed E-state index contributed by atoms with van der Waals surface area (Å²) in [6.07, 6.45) is 21.3. The highest BCUT2D eigenvalue weighted by Crippen LogP contribution is 2.11. The van der Waals surface area contributed by atoms with Crippen LogP contribution in [0.3, 0.4) is 0 Å². The van der Waals surface area contributed by atoms with Crippen LogP contribution in [0.15, 0.2) is 0 Å². The predicted molar refractivity (Wildman–Crippen MR) is 115 cm³/mol. The summed E-state index contributed by atoms with van der Waals surface area (Å²) in [6, 6.07) is 0. The third-order valence-corrected chi connectivity index (χ3v) is 5.34. The van der Waals surface area contributed by atoms with Gasteiger partial charge in [0.2, 0.25) is 0 Å². The van der Waals surface area contributed by atoms with E-state index in [0.717, 1.165) is 0 Å². The van der Waals surface area contributed by atoms with E-state index in [0.29, 0.717) is 6.17 Å². The highest BCUT2D eigenvalue weighted by Gasteiger charge is 2.14. The van der Waals surface area contributed by atoms with Crippen molar-refractivity contribution in [3.8, 4) is 0 Å². The first-order chi connectivity index (χ1) is 12.3. The zero-order valence-corrected chi connectivity index (χ0v) is 18.3. The second-order valence-corrected chi connectivity index (χ2v) is 7.80. The van der Waals surface area contributed by atoms with E-state index in [2.05, 4.69) is 37.9 Å². The summed E-state index contributed by atoms with van der Waals surface area (Å²) in [5.74, 6) is 0. The lowest BCUT2D eigenvalue weighted by molar-refractivity contribution is 0.154. The molecule has 0 aromatic carbocycles. The van der Waals surface area contributed by atoms with E-state index in [1.807, 2.05) is 0 Å². The van der Waals surface area contributed by atoms with Crippen LogP contribution in [0.4, 0.5) is 0 Å². The molecule has 0 saturated heterocycles. The Kier molecular flexibility index (Phi) is 20.2. The quantitative estimate of drug-likeness (QED) is 0.185. The third kappa shape index (κ3) is 15.9. The highest BCUT2D eigenvalue weighted by molar-refractivity contribution is 4.69. The number of nitrogens with zero attached hydrogens (tertiary/aromatic N) is 1. The molecule has 1 unspecified atom stereocenters. The first-order valence-corrected chi connectivity index (χ1v) is 11.8. The third-order valence-electron chi connectivity index (χ3n) is 5.34. The minimum absolute atomic E-state index is 0.594. The molecule has 0 radical (unpaired) electrons. The van der Waals surface area contributed by atoms with E-state index < -0.39 is 0 Å². The molecule has 0 bridgehead atoms. The smallest absolute Gasteiger partial charge is 0.0594 e. The summed E-state index contributed by atoms with van der Waals surface area (Å²) in [6.45, 7) is 13.0. The molecule has 1 atom stereocenters. The van der Waals surface area contributed by atoms with Crippen LogP contribution in [-0.4, -0.2) is 30.7 Å². The van der Waals surface area contributed by atoms with Crippen molar-refractivity contribution >= 4 is 0 Å². The van der Waals surface area contributed by atoms with E-state index in [-0.39, 0.29) is 0 Å². The normalized spacial score (nSPS) is 12.8. The Balaban J connectivity index is 3.68. The summed E-state index contributed by atoms with van der Waals surface area (Å²) in [5.41, 5.74) is 0. The fraction of sp³-hybridized carbons (Fsp3) is 1.00. The van der Waals surface area contributed by atoms with Gasteiger partial charge in [-0.25, -0.2) is 0 Å². The van der Waals surface area contributed by atoms with E-state index in [4.69, 9.17) is 0 Å². The topological polar surface area (TPSA) is 15.3 Å². The van der Waals surface area contributed by atoms with Crippen LogP contribution in [0.5, 0.6) is 0 Å². The maximum absolute atomic E-state index is 3.84. The molecule has 0 aliphatic heterocycles. The SMILES string of the molecule is CCCCCCCCCCCCNC(CC)N(CCCC)CCCC. The lowest BCUT2D eigenvalue weighted by Gasteiger charge is -2.32. The van der Waals surface area contributed by atoms with Crippen molar-refractivity contribution in [3.05, 3.63) is 0 Å². The molecular weight excluding hydrogens is 304 g/mol. The Labute approximate surface area is 160 Å². The molecule has 0 spiro atoms. The van der Waals surface area contributed by atoms with Gasteiger partial charge in [-0.2, -0.15) is 0 Å². The Morgan fingerprint density at radius 3 is 1.44 bits per heavy atom. The van der Waals surface area contributed by atoms with Gasteiger partial charge in [-0.15, -0.1) is 0 Å². The summed E-state index contributed by atoms with van der Waals surface area (Å²) in [4.78, 5) is 2.70. The Bertz CT molecular complexity index is 234. The molecule has 2 heteroatoms. The van der Waals surface area contributed by atoms with E-state index in [9.17, 15) is 0 Å². The second kappa shape index (κ2) is 20.2. The standard InChI is InChI=1S/C23H50N2/c1-5-9-12-13-14-15-16-17-18-19-20-24-23(8-4)25(21-10-6-2)22-11-7-3/h23-24H,5-22H2,1-4H3. The number of rotatable bonds is 20. The summed E-state index contributed by atoms with van der Waals surface area (Å²) in [5, 5.41) is 3.84. The number of unbranched alkanes of at least 4 members (excludes halogenated alkanes) is 11. The summed E-state index contributed by atoms with van der Waals surface area (Å²) >= 11 is 0. The van der Waals surface area contributed by atoms with Gasteiger partial charge in [-0.05, 0) is 45.3 Å². The zero-order valence-electron chi connectivity index (χ0n) is 18.3. The van der Waals surface area contributed by atoms with E-state index >= 15 is 0 Å². The molecule has 2 nitrogen and oxygen atoms in total. The first kappa shape index (κ1) is 24.9. The van der Waals surface area contributed by atoms with Gasteiger partial charge in [0.1, 0.15) is 0 Å². The van der Waals surface area contributed by atoms with Crippen LogP contribution < -0.4 is 5.32 Å². The van der Waals surface area contributed by atoms with Crippen molar-refractivity contribution in [1.82, 2.24) is 10.2 Å². The molecule has 0 aromatic rings. The number of hydrogen-bond donors (Lipinski definition) is 1. The molecule has 0 aromatic heterocycles. The average molecular weight is 355 g/mol. The van der Waals surface area contributed by atoms with E-state index in [1.165, 1.54) is 116 Å². The molecule has 0 saturated carbocycles. The molecule has 0 heterocycles. The molecule has 0 rings (SSSR count). The Morgan fingerprint density at radius 1 is 0.560 bits per heavy atom. The lowest BCUT2D eigenvalue weighted by Crippen LogP contribution is -2.46. The monoisotopic (exact) mass is 354 g/mol. The van der Waals surface area contributed by atoms with Gasteiger partial charge in [0.05, 0.1) is 6.17 Å². The average Bonchev–Trinajstić information content (AvgIpc) is 2.63. The molecule has 0 aliphatic carbocycles. The lowest BCUT2D eigenvalue weighted by atomic mass is 10.1. The summed E-state index contributed by atoms with van der Waals surface area (Å²) < 4.78 is 0. The maximum atomic E-state index is 3.84. The largest absolute Gasteiger partial charge is 0.302 e. The first-order valence-electron chi connectivity index (χ1n) is 11.8. The molecule has 1 N–H and O–H groups in total. The van der Waals surface area contributed by atoms with Gasteiger partial charge >= 0.3 is 0 Å². The van der Waals surface area contributed by atoms with Crippen molar-refractivity contribution in [3.63, 3.8) is 0 Å². The number of hydrogen-bond acceptors (Lipinski definition) is 2. The number of nitrogens with one attached hydrogen (secondary N) is 1. The van der Waals surface area contributed by atoms with Crippen LogP contribution in [0.25, 0.3) is 0 Å². The van der Waals surface area contributed by atoms with Crippen LogP contribution in [0.1, 0.15) is 124 Å².